The molecule has 1 heterocycles. The highest BCUT2D eigenvalue weighted by molar-refractivity contribution is 6.30. The van der Waals surface area contributed by atoms with Crippen molar-refractivity contribution in [2.24, 2.45) is 5.73 Å². The average molecular weight is 239 g/mol. The second-order valence-corrected chi connectivity index (χ2v) is 4.65. The molecule has 1 aromatic carbocycles. The fraction of sp³-hybridized carbons (Fsp3) is 0.417. The summed E-state index contributed by atoms with van der Waals surface area (Å²) < 4.78 is 0. The highest BCUT2D eigenvalue weighted by Crippen LogP contribution is 2.22. The monoisotopic (exact) mass is 238 g/mol. The van der Waals surface area contributed by atoms with Crippen molar-refractivity contribution in [2.75, 3.05) is 6.54 Å². The second kappa shape index (κ2) is 4.44. The van der Waals surface area contributed by atoms with Gasteiger partial charge in [0.15, 0.2) is 0 Å². The van der Waals surface area contributed by atoms with Crippen LogP contribution in [-0.4, -0.2) is 23.4 Å². The molecule has 16 heavy (non-hydrogen) atoms. The zero-order valence-electron chi connectivity index (χ0n) is 9.24. The topological polar surface area (TPSA) is 46.3 Å². The highest BCUT2D eigenvalue weighted by atomic mass is 35.5. The Balaban J connectivity index is 2.18. The number of halogens is 1. The SMILES string of the molecule is CC(N)C(=O)N1CCc2cc(Cl)ccc2C1. The minimum Gasteiger partial charge on any atom is -0.337 e. The summed E-state index contributed by atoms with van der Waals surface area (Å²) in [5.74, 6) is 0.0144. The first-order chi connectivity index (χ1) is 7.58. The van der Waals surface area contributed by atoms with E-state index in [2.05, 4.69) is 0 Å². The summed E-state index contributed by atoms with van der Waals surface area (Å²) in [6.45, 7) is 3.10. The molecule has 0 fully saturated rings. The van der Waals surface area contributed by atoms with Gasteiger partial charge in [-0.2, -0.15) is 0 Å². The molecule has 0 radical (unpaired) electrons. The minimum atomic E-state index is -0.422. The van der Waals surface area contributed by atoms with Crippen molar-refractivity contribution in [3.8, 4) is 0 Å². The van der Waals surface area contributed by atoms with E-state index in [9.17, 15) is 4.79 Å². The molecule has 1 atom stereocenters. The molecule has 1 unspecified atom stereocenters. The van der Waals surface area contributed by atoms with Gasteiger partial charge in [-0.05, 0) is 36.6 Å². The quantitative estimate of drug-likeness (QED) is 0.808. The maximum Gasteiger partial charge on any atom is 0.239 e. The first kappa shape index (κ1) is 11.4. The molecule has 1 aliphatic rings. The average Bonchev–Trinajstić information content (AvgIpc) is 2.27. The summed E-state index contributed by atoms with van der Waals surface area (Å²) in [6, 6.07) is 5.40. The fourth-order valence-corrected chi connectivity index (χ4v) is 2.19. The first-order valence-electron chi connectivity index (χ1n) is 5.39. The third-order valence-corrected chi connectivity index (χ3v) is 3.12. The molecule has 86 valence electrons. The van der Waals surface area contributed by atoms with Crippen molar-refractivity contribution in [3.05, 3.63) is 34.3 Å². The number of benzene rings is 1. The maximum absolute atomic E-state index is 11.7. The molecular weight excluding hydrogens is 224 g/mol. The number of hydrogen-bond donors (Lipinski definition) is 1. The number of fused-ring (bicyclic) bond motifs is 1. The van der Waals surface area contributed by atoms with Crippen LogP contribution < -0.4 is 5.73 Å². The summed E-state index contributed by atoms with van der Waals surface area (Å²) in [6.07, 6.45) is 0.856. The van der Waals surface area contributed by atoms with E-state index in [4.69, 9.17) is 17.3 Å². The number of nitrogens with two attached hydrogens (primary N) is 1. The van der Waals surface area contributed by atoms with Gasteiger partial charge in [0.05, 0.1) is 6.04 Å². The molecule has 0 aromatic heterocycles. The molecule has 1 aliphatic heterocycles. The van der Waals surface area contributed by atoms with Gasteiger partial charge in [-0.15, -0.1) is 0 Å². The Labute approximate surface area is 100 Å². The Morgan fingerprint density at radius 3 is 2.94 bits per heavy atom. The lowest BCUT2D eigenvalue weighted by molar-refractivity contribution is -0.133. The predicted molar refractivity (Wildman–Crippen MR) is 64.2 cm³/mol. The van der Waals surface area contributed by atoms with E-state index in [1.165, 1.54) is 11.1 Å². The van der Waals surface area contributed by atoms with Gasteiger partial charge in [-0.1, -0.05) is 17.7 Å². The zero-order chi connectivity index (χ0) is 11.7. The van der Waals surface area contributed by atoms with Crippen LogP contribution in [0.2, 0.25) is 5.02 Å². The Hall–Kier alpha value is -1.06. The molecule has 0 aliphatic carbocycles. The Morgan fingerprint density at radius 1 is 1.50 bits per heavy atom. The van der Waals surface area contributed by atoms with Crippen molar-refractivity contribution in [1.82, 2.24) is 4.90 Å². The van der Waals surface area contributed by atoms with E-state index in [1.807, 2.05) is 18.2 Å². The van der Waals surface area contributed by atoms with Crippen molar-refractivity contribution in [3.63, 3.8) is 0 Å². The molecule has 0 saturated heterocycles. The number of carbonyl (C=O) groups is 1. The summed E-state index contributed by atoms with van der Waals surface area (Å²) in [5.41, 5.74) is 8.01. The third kappa shape index (κ3) is 2.20. The molecule has 1 aromatic rings. The molecule has 0 saturated carbocycles. The van der Waals surface area contributed by atoms with Gasteiger partial charge in [-0.25, -0.2) is 0 Å². The lowest BCUT2D eigenvalue weighted by atomic mass is 9.99. The Morgan fingerprint density at radius 2 is 2.25 bits per heavy atom. The van der Waals surface area contributed by atoms with Gasteiger partial charge in [-0.3, -0.25) is 4.79 Å². The molecule has 1 amide bonds. The third-order valence-electron chi connectivity index (χ3n) is 2.88. The molecule has 2 rings (SSSR count). The molecule has 4 heteroatoms. The van der Waals surface area contributed by atoms with Gasteiger partial charge in [0.25, 0.3) is 0 Å². The Kier molecular flexibility index (Phi) is 3.17. The van der Waals surface area contributed by atoms with Crippen LogP contribution in [0.25, 0.3) is 0 Å². The number of amides is 1. The van der Waals surface area contributed by atoms with E-state index in [0.717, 1.165) is 18.0 Å². The van der Waals surface area contributed by atoms with Gasteiger partial charge < -0.3 is 10.6 Å². The molecule has 0 spiro atoms. The lowest BCUT2D eigenvalue weighted by Crippen LogP contribution is -2.44. The van der Waals surface area contributed by atoms with Gasteiger partial charge in [0, 0.05) is 18.1 Å². The number of rotatable bonds is 1. The summed E-state index contributed by atoms with van der Waals surface area (Å²) in [7, 11) is 0. The fourth-order valence-electron chi connectivity index (χ4n) is 2.00. The van der Waals surface area contributed by atoms with Crippen LogP contribution in [0.4, 0.5) is 0 Å². The maximum atomic E-state index is 11.7. The van der Waals surface area contributed by atoms with Crippen LogP contribution >= 0.6 is 11.6 Å². The summed E-state index contributed by atoms with van der Waals surface area (Å²) >= 11 is 5.93. The largest absolute Gasteiger partial charge is 0.337 e. The van der Waals surface area contributed by atoms with Crippen LogP contribution in [0.15, 0.2) is 18.2 Å². The van der Waals surface area contributed by atoms with E-state index in [1.54, 1.807) is 11.8 Å². The predicted octanol–water partition coefficient (Wildman–Crippen LogP) is 1.57. The van der Waals surface area contributed by atoms with Crippen LogP contribution in [0.3, 0.4) is 0 Å². The highest BCUT2D eigenvalue weighted by Gasteiger charge is 2.22. The van der Waals surface area contributed by atoms with Gasteiger partial charge in [0.2, 0.25) is 5.91 Å². The summed E-state index contributed by atoms with van der Waals surface area (Å²) in [4.78, 5) is 13.6. The number of nitrogens with zero attached hydrogens (tertiary/aromatic N) is 1. The normalized spacial score (nSPS) is 16.8. The smallest absolute Gasteiger partial charge is 0.239 e. The van der Waals surface area contributed by atoms with Gasteiger partial charge >= 0.3 is 0 Å². The standard InChI is InChI=1S/C12H15ClN2O/c1-8(14)12(16)15-5-4-9-6-11(13)3-2-10(9)7-15/h2-3,6,8H,4-5,7,14H2,1H3. The molecular formula is C12H15ClN2O. The minimum absolute atomic E-state index is 0.0144. The first-order valence-corrected chi connectivity index (χ1v) is 5.77. The zero-order valence-corrected chi connectivity index (χ0v) is 10.00. The number of carbonyl (C=O) groups excluding carboxylic acids is 1. The van der Waals surface area contributed by atoms with Crippen molar-refractivity contribution >= 4 is 17.5 Å². The van der Waals surface area contributed by atoms with E-state index in [-0.39, 0.29) is 5.91 Å². The van der Waals surface area contributed by atoms with Crippen LogP contribution in [0.5, 0.6) is 0 Å². The van der Waals surface area contributed by atoms with Crippen LogP contribution in [0.1, 0.15) is 18.1 Å². The second-order valence-electron chi connectivity index (χ2n) is 4.21. The van der Waals surface area contributed by atoms with E-state index >= 15 is 0 Å². The van der Waals surface area contributed by atoms with Crippen LogP contribution in [-0.2, 0) is 17.8 Å². The molecule has 3 nitrogen and oxygen atoms in total. The van der Waals surface area contributed by atoms with E-state index in [0.29, 0.717) is 6.54 Å². The molecule has 2 N–H and O–H groups in total. The van der Waals surface area contributed by atoms with Gasteiger partial charge in [0.1, 0.15) is 0 Å². The van der Waals surface area contributed by atoms with Crippen molar-refractivity contribution in [1.29, 1.82) is 0 Å². The molecule has 0 bridgehead atoms. The summed E-state index contributed by atoms with van der Waals surface area (Å²) in [5, 5.41) is 0.755. The van der Waals surface area contributed by atoms with Crippen molar-refractivity contribution < 1.29 is 4.79 Å². The van der Waals surface area contributed by atoms with Crippen LogP contribution in [0, 0.1) is 0 Å². The van der Waals surface area contributed by atoms with E-state index < -0.39 is 6.04 Å². The number of hydrogen-bond acceptors (Lipinski definition) is 2. The lowest BCUT2D eigenvalue weighted by Gasteiger charge is -2.30. The van der Waals surface area contributed by atoms with Crippen molar-refractivity contribution in [2.45, 2.75) is 25.9 Å². The Bertz CT molecular complexity index is 417.